The van der Waals surface area contributed by atoms with Gasteiger partial charge in [-0.15, -0.1) is 0 Å². The highest BCUT2D eigenvalue weighted by Crippen LogP contribution is 2.24. The molecule has 0 aliphatic heterocycles. The van der Waals surface area contributed by atoms with Gasteiger partial charge in [0.2, 0.25) is 11.8 Å². The minimum atomic E-state index is -0.424. The number of nitrogens with one attached hydrogen (secondary N) is 1. The minimum absolute atomic E-state index is 0.0676. The summed E-state index contributed by atoms with van der Waals surface area (Å²) >= 11 is 0. The smallest absolute Gasteiger partial charge is 0.244 e. The van der Waals surface area contributed by atoms with Crippen LogP contribution in [0.25, 0.3) is 0 Å². The molecule has 1 atom stereocenters. The van der Waals surface area contributed by atoms with E-state index in [2.05, 4.69) is 15.3 Å². The van der Waals surface area contributed by atoms with Gasteiger partial charge in [-0.1, -0.05) is 0 Å². The lowest BCUT2D eigenvalue weighted by molar-refractivity contribution is -0.129. The zero-order valence-corrected chi connectivity index (χ0v) is 10.4. The molecule has 3 N–H and O–H groups in total. The van der Waals surface area contributed by atoms with Crippen LogP contribution in [0, 0.1) is 0 Å². The van der Waals surface area contributed by atoms with Crippen molar-refractivity contribution in [1.82, 2.24) is 14.9 Å². The Kier molecular flexibility index (Phi) is 4.08. The molecule has 17 heavy (non-hydrogen) atoms. The van der Waals surface area contributed by atoms with Gasteiger partial charge in [0.15, 0.2) is 5.82 Å². The number of carbonyl (C=O) groups is 1. The van der Waals surface area contributed by atoms with Crippen molar-refractivity contribution in [2.24, 2.45) is 0 Å². The van der Waals surface area contributed by atoms with E-state index < -0.39 is 6.04 Å². The molecule has 94 valence electrons. The average molecular weight is 239 g/mol. The van der Waals surface area contributed by atoms with Gasteiger partial charge in [-0.05, 0) is 6.92 Å². The van der Waals surface area contributed by atoms with Crippen molar-refractivity contribution < 1.29 is 9.53 Å². The molecule has 0 bridgehead atoms. The number of ether oxygens (including phenoxy) is 1. The monoisotopic (exact) mass is 239 g/mol. The first-order chi connectivity index (χ1) is 7.97. The lowest BCUT2D eigenvalue weighted by atomic mass is 10.3. The Morgan fingerprint density at radius 1 is 1.53 bits per heavy atom. The van der Waals surface area contributed by atoms with Crippen LogP contribution in [0.5, 0.6) is 5.88 Å². The summed E-state index contributed by atoms with van der Waals surface area (Å²) < 4.78 is 4.96. The molecule has 7 nitrogen and oxygen atoms in total. The van der Waals surface area contributed by atoms with Gasteiger partial charge >= 0.3 is 0 Å². The van der Waals surface area contributed by atoms with E-state index in [-0.39, 0.29) is 17.5 Å². The Bertz CT molecular complexity index is 408. The van der Waals surface area contributed by atoms with Crippen molar-refractivity contribution in [2.45, 2.75) is 13.0 Å². The summed E-state index contributed by atoms with van der Waals surface area (Å²) in [5.41, 5.74) is 6.07. The van der Waals surface area contributed by atoms with Crippen molar-refractivity contribution in [1.29, 1.82) is 0 Å². The summed E-state index contributed by atoms with van der Waals surface area (Å²) in [5, 5.41) is 2.92. The second kappa shape index (κ2) is 5.33. The average Bonchev–Trinajstić information content (AvgIpc) is 2.30. The van der Waals surface area contributed by atoms with Crippen LogP contribution in [0.15, 0.2) is 6.33 Å². The molecular formula is C10H17N5O2. The maximum atomic E-state index is 11.7. The summed E-state index contributed by atoms with van der Waals surface area (Å²) in [6.45, 7) is 1.73. The van der Waals surface area contributed by atoms with Crippen molar-refractivity contribution in [3.05, 3.63) is 6.33 Å². The molecule has 7 heteroatoms. The number of rotatable bonds is 4. The standard InChI is InChI=1S/C10H17N5O2/c1-6(10(16)15(2)3)14-8-7(11)9(17-4)13-5-12-8/h5-6H,11H2,1-4H3,(H,12,13,14). The van der Waals surface area contributed by atoms with Gasteiger partial charge in [0.1, 0.15) is 18.1 Å². The quantitative estimate of drug-likeness (QED) is 0.765. The zero-order chi connectivity index (χ0) is 13.0. The van der Waals surface area contributed by atoms with E-state index in [4.69, 9.17) is 10.5 Å². The molecular weight excluding hydrogens is 222 g/mol. The summed E-state index contributed by atoms with van der Waals surface area (Å²) in [4.78, 5) is 21.0. The van der Waals surface area contributed by atoms with Crippen LogP contribution < -0.4 is 15.8 Å². The topological polar surface area (TPSA) is 93.4 Å². The van der Waals surface area contributed by atoms with Crippen LogP contribution in [0.3, 0.4) is 0 Å². The first-order valence-electron chi connectivity index (χ1n) is 5.09. The Morgan fingerprint density at radius 3 is 2.71 bits per heavy atom. The SMILES string of the molecule is COc1ncnc(NC(C)C(=O)N(C)C)c1N. The number of anilines is 2. The van der Waals surface area contributed by atoms with Gasteiger partial charge in [0.05, 0.1) is 7.11 Å². The van der Waals surface area contributed by atoms with Crippen molar-refractivity contribution >= 4 is 17.4 Å². The number of nitrogens with zero attached hydrogens (tertiary/aromatic N) is 3. The first-order valence-corrected chi connectivity index (χ1v) is 5.09. The fourth-order valence-corrected chi connectivity index (χ4v) is 1.31. The number of aromatic nitrogens is 2. The molecule has 1 aromatic heterocycles. The zero-order valence-electron chi connectivity index (χ0n) is 10.4. The maximum Gasteiger partial charge on any atom is 0.244 e. The third-order valence-electron chi connectivity index (χ3n) is 2.21. The Labute approximate surface area is 100.0 Å². The number of likely N-dealkylation sites (N-methyl/N-ethyl adjacent to an activating group) is 1. The number of methoxy groups -OCH3 is 1. The Balaban J connectivity index is 2.85. The number of hydrogen-bond acceptors (Lipinski definition) is 6. The van der Waals surface area contributed by atoms with Crippen molar-refractivity contribution in [3.63, 3.8) is 0 Å². The van der Waals surface area contributed by atoms with E-state index >= 15 is 0 Å². The van der Waals surface area contributed by atoms with Crippen LogP contribution in [0.1, 0.15) is 6.92 Å². The second-order valence-corrected chi connectivity index (χ2v) is 3.74. The van der Waals surface area contributed by atoms with Crippen molar-refractivity contribution in [3.8, 4) is 5.88 Å². The summed E-state index contributed by atoms with van der Waals surface area (Å²) in [6, 6.07) is -0.424. The Morgan fingerprint density at radius 2 is 2.18 bits per heavy atom. The van der Waals surface area contributed by atoms with Crippen LogP contribution >= 0.6 is 0 Å². The van der Waals surface area contributed by atoms with E-state index in [1.54, 1.807) is 21.0 Å². The number of carbonyl (C=O) groups excluding carboxylic acids is 1. The molecule has 1 heterocycles. The van der Waals surface area contributed by atoms with E-state index in [9.17, 15) is 4.79 Å². The molecule has 0 aliphatic rings. The molecule has 1 aromatic rings. The summed E-state index contributed by atoms with van der Waals surface area (Å²) in [7, 11) is 4.84. The second-order valence-electron chi connectivity index (χ2n) is 3.74. The molecule has 0 radical (unpaired) electrons. The van der Waals surface area contributed by atoms with Gasteiger partial charge < -0.3 is 20.7 Å². The van der Waals surface area contributed by atoms with Crippen LogP contribution in [0.4, 0.5) is 11.5 Å². The predicted molar refractivity (Wildman–Crippen MR) is 64.8 cm³/mol. The molecule has 0 saturated heterocycles. The molecule has 1 rings (SSSR count). The lowest BCUT2D eigenvalue weighted by Gasteiger charge is -2.19. The van der Waals surface area contributed by atoms with Crippen LogP contribution in [0.2, 0.25) is 0 Å². The van der Waals surface area contributed by atoms with E-state index in [1.807, 2.05) is 0 Å². The van der Waals surface area contributed by atoms with Gasteiger partial charge in [-0.2, -0.15) is 4.98 Å². The summed E-state index contributed by atoms with van der Waals surface area (Å²) in [5.74, 6) is 0.605. The molecule has 0 aliphatic carbocycles. The number of nitrogen functional groups attached to an aromatic ring is 1. The highest BCUT2D eigenvalue weighted by molar-refractivity contribution is 5.84. The third-order valence-corrected chi connectivity index (χ3v) is 2.21. The van der Waals surface area contributed by atoms with Gasteiger partial charge in [-0.25, -0.2) is 4.98 Å². The van der Waals surface area contributed by atoms with Gasteiger partial charge in [0.25, 0.3) is 0 Å². The molecule has 0 spiro atoms. The van der Waals surface area contributed by atoms with Gasteiger partial charge in [0, 0.05) is 14.1 Å². The number of nitrogens with two attached hydrogens (primary N) is 1. The fraction of sp³-hybridized carbons (Fsp3) is 0.500. The van der Waals surface area contributed by atoms with Crippen LogP contribution in [-0.4, -0.2) is 48.0 Å². The summed E-state index contributed by atoms with van der Waals surface area (Å²) in [6.07, 6.45) is 1.32. The largest absolute Gasteiger partial charge is 0.479 e. The maximum absolute atomic E-state index is 11.7. The predicted octanol–water partition coefficient (Wildman–Crippen LogP) is -0.0440. The molecule has 0 aromatic carbocycles. The minimum Gasteiger partial charge on any atom is -0.479 e. The number of hydrogen-bond donors (Lipinski definition) is 2. The van der Waals surface area contributed by atoms with Crippen molar-refractivity contribution in [2.75, 3.05) is 32.3 Å². The van der Waals surface area contributed by atoms with E-state index in [1.165, 1.54) is 18.3 Å². The molecule has 1 amide bonds. The van der Waals surface area contributed by atoms with Crippen LogP contribution in [-0.2, 0) is 4.79 Å². The molecule has 0 saturated carbocycles. The normalized spacial score (nSPS) is 11.8. The molecule has 1 unspecified atom stereocenters. The number of amides is 1. The highest BCUT2D eigenvalue weighted by Gasteiger charge is 2.17. The first kappa shape index (κ1) is 13.0. The third kappa shape index (κ3) is 2.96. The lowest BCUT2D eigenvalue weighted by Crippen LogP contribution is -2.37. The van der Waals surface area contributed by atoms with E-state index in [0.717, 1.165) is 0 Å². The van der Waals surface area contributed by atoms with E-state index in [0.29, 0.717) is 5.82 Å². The fourth-order valence-electron chi connectivity index (χ4n) is 1.31. The molecule has 0 fully saturated rings. The Hall–Kier alpha value is -2.05. The van der Waals surface area contributed by atoms with Gasteiger partial charge in [-0.3, -0.25) is 4.79 Å². The highest BCUT2D eigenvalue weighted by atomic mass is 16.5.